The zero-order valence-electron chi connectivity index (χ0n) is 6.16. The molecule has 0 aliphatic heterocycles. The number of hydrogen-bond acceptors (Lipinski definition) is 3. The molecule has 0 radical (unpaired) electrons. The lowest BCUT2D eigenvalue weighted by atomic mass is 10.0. The van der Waals surface area contributed by atoms with Crippen LogP contribution in [0.2, 0.25) is 0 Å². The van der Waals surface area contributed by atoms with Crippen molar-refractivity contribution in [3.63, 3.8) is 0 Å². The van der Waals surface area contributed by atoms with Gasteiger partial charge in [0.2, 0.25) is 0 Å². The minimum Gasteiger partial charge on any atom is -0.481 e. The number of aliphatic carboxylic acids is 1. The van der Waals surface area contributed by atoms with Gasteiger partial charge in [0.1, 0.15) is 5.41 Å². The number of rotatable bonds is 2. The van der Waals surface area contributed by atoms with Crippen LogP contribution in [0.4, 0.5) is 0 Å². The molecule has 1 aliphatic rings. The Balaban J connectivity index is 2.43. The van der Waals surface area contributed by atoms with Gasteiger partial charge in [0.15, 0.2) is 0 Å². The maximum absolute atomic E-state index is 10.7. The molecule has 0 atom stereocenters. The van der Waals surface area contributed by atoms with Crippen LogP contribution in [-0.4, -0.2) is 16.2 Å². The minimum atomic E-state index is -0.903. The van der Waals surface area contributed by atoms with E-state index in [0.29, 0.717) is 18.5 Å². The first-order valence-electron chi connectivity index (χ1n) is 3.57. The number of nitrogens with one attached hydrogen (secondary N) is 1. The fourth-order valence-corrected chi connectivity index (χ4v) is 1.24. The number of hydrogen-bond donors (Lipinski definition) is 2. The Bertz CT molecular complexity index is 371. The Kier molecular flexibility index (Phi) is 1.19. The molecule has 0 amide bonds. The first-order valence-corrected chi connectivity index (χ1v) is 3.57. The summed E-state index contributed by atoms with van der Waals surface area (Å²) in [5, 5.41) is 11.1. The molecule has 5 heteroatoms. The van der Waals surface area contributed by atoms with Gasteiger partial charge < -0.3 is 9.63 Å². The number of aromatic amines is 1. The Morgan fingerprint density at radius 1 is 1.67 bits per heavy atom. The summed E-state index contributed by atoms with van der Waals surface area (Å²) in [5.41, 5.74) is -1.02. The van der Waals surface area contributed by atoms with E-state index in [-0.39, 0.29) is 0 Å². The van der Waals surface area contributed by atoms with Crippen molar-refractivity contribution >= 4 is 5.97 Å². The highest BCUT2D eigenvalue weighted by molar-refractivity contribution is 5.84. The van der Waals surface area contributed by atoms with Crippen LogP contribution in [0.25, 0.3) is 0 Å². The third-order valence-corrected chi connectivity index (χ3v) is 2.20. The van der Waals surface area contributed by atoms with E-state index in [0.717, 1.165) is 0 Å². The van der Waals surface area contributed by atoms with Crippen LogP contribution in [-0.2, 0) is 10.2 Å². The molecule has 64 valence electrons. The second-order valence-electron chi connectivity index (χ2n) is 2.97. The number of H-pyrrole nitrogens is 1. The van der Waals surface area contributed by atoms with Gasteiger partial charge in [-0.25, -0.2) is 9.95 Å². The van der Waals surface area contributed by atoms with E-state index >= 15 is 0 Å². The van der Waals surface area contributed by atoms with Gasteiger partial charge in [-0.05, 0) is 12.8 Å². The lowest BCUT2D eigenvalue weighted by molar-refractivity contribution is -0.140. The predicted octanol–water partition coefficient (Wildman–Crippen LogP) is 0.0841. The van der Waals surface area contributed by atoms with Crippen LogP contribution in [0.5, 0.6) is 0 Å². The minimum absolute atomic E-state index is 0.375. The average molecular weight is 169 g/mol. The standard InChI is InChI=1S/C7H7NO4/c9-5-3-4(8-12-5)7(1-2-7)6(10)11/h3,8H,1-2H2,(H,10,11). The van der Waals surface area contributed by atoms with Gasteiger partial charge in [-0.15, -0.1) is 0 Å². The van der Waals surface area contributed by atoms with Crippen LogP contribution in [0.1, 0.15) is 18.5 Å². The number of aromatic nitrogens is 1. The van der Waals surface area contributed by atoms with Crippen molar-refractivity contribution in [3.8, 4) is 0 Å². The highest BCUT2D eigenvalue weighted by Crippen LogP contribution is 2.47. The molecule has 5 nitrogen and oxygen atoms in total. The zero-order chi connectivity index (χ0) is 8.77. The van der Waals surface area contributed by atoms with E-state index in [1.54, 1.807) is 0 Å². The summed E-state index contributed by atoms with van der Waals surface area (Å²) in [4.78, 5) is 21.3. The molecule has 1 aliphatic carbocycles. The largest absolute Gasteiger partial charge is 0.481 e. The van der Waals surface area contributed by atoms with Crippen LogP contribution >= 0.6 is 0 Å². The molecule has 2 N–H and O–H groups in total. The molecule has 0 saturated heterocycles. The van der Waals surface area contributed by atoms with Gasteiger partial charge in [-0.1, -0.05) is 0 Å². The summed E-state index contributed by atoms with van der Waals surface area (Å²) in [5.74, 6) is -0.903. The maximum atomic E-state index is 10.7. The van der Waals surface area contributed by atoms with E-state index < -0.39 is 17.0 Å². The fourth-order valence-electron chi connectivity index (χ4n) is 1.24. The molecule has 0 aromatic carbocycles. The van der Waals surface area contributed by atoms with E-state index in [1.165, 1.54) is 6.07 Å². The van der Waals surface area contributed by atoms with Crippen LogP contribution in [0.15, 0.2) is 15.4 Å². The summed E-state index contributed by atoms with van der Waals surface area (Å²) >= 11 is 0. The van der Waals surface area contributed by atoms with Crippen molar-refractivity contribution in [1.82, 2.24) is 5.16 Å². The second kappa shape index (κ2) is 2.00. The van der Waals surface area contributed by atoms with Crippen molar-refractivity contribution in [3.05, 3.63) is 22.2 Å². The normalized spacial score (nSPS) is 19.0. The topological polar surface area (TPSA) is 83.3 Å². The highest BCUT2D eigenvalue weighted by atomic mass is 16.5. The molecular weight excluding hydrogens is 162 g/mol. The average Bonchev–Trinajstić information content (AvgIpc) is 2.71. The van der Waals surface area contributed by atoms with Gasteiger partial charge in [-0.2, -0.15) is 0 Å². The molecule has 0 bridgehead atoms. The lowest BCUT2D eigenvalue weighted by Gasteiger charge is -2.03. The van der Waals surface area contributed by atoms with E-state index in [2.05, 4.69) is 9.68 Å². The zero-order valence-corrected chi connectivity index (χ0v) is 6.16. The fraction of sp³-hybridized carbons (Fsp3) is 0.429. The SMILES string of the molecule is O=C(O)C1(c2cc(=O)o[nH]2)CC1. The molecule has 2 rings (SSSR count). The van der Waals surface area contributed by atoms with Gasteiger partial charge in [0.25, 0.3) is 0 Å². The quantitative estimate of drug-likeness (QED) is 0.656. The Hall–Kier alpha value is -1.52. The van der Waals surface area contributed by atoms with Crippen molar-refractivity contribution < 1.29 is 14.4 Å². The van der Waals surface area contributed by atoms with E-state index in [1.807, 2.05) is 0 Å². The molecule has 0 spiro atoms. The number of carbonyl (C=O) groups is 1. The Morgan fingerprint density at radius 2 is 2.33 bits per heavy atom. The maximum Gasteiger partial charge on any atom is 0.357 e. The second-order valence-corrected chi connectivity index (χ2v) is 2.97. The monoisotopic (exact) mass is 169 g/mol. The summed E-state index contributed by atoms with van der Waals surface area (Å²) in [7, 11) is 0. The predicted molar refractivity (Wildman–Crippen MR) is 37.9 cm³/mol. The van der Waals surface area contributed by atoms with Crippen LogP contribution in [0, 0.1) is 0 Å². The van der Waals surface area contributed by atoms with Crippen molar-refractivity contribution in [2.45, 2.75) is 18.3 Å². The molecule has 1 aromatic heterocycles. The Morgan fingerprint density at radius 3 is 2.67 bits per heavy atom. The summed E-state index contributed by atoms with van der Waals surface area (Å²) in [6.07, 6.45) is 1.13. The van der Waals surface area contributed by atoms with Gasteiger partial charge in [-0.3, -0.25) is 4.79 Å². The van der Waals surface area contributed by atoms with Gasteiger partial charge in [0.05, 0.1) is 5.69 Å². The third-order valence-electron chi connectivity index (χ3n) is 2.20. The third kappa shape index (κ3) is 0.792. The van der Waals surface area contributed by atoms with Gasteiger partial charge >= 0.3 is 11.6 Å². The summed E-state index contributed by atoms with van der Waals surface area (Å²) < 4.78 is 4.40. The molecular formula is C7H7NO4. The molecule has 0 unspecified atom stereocenters. The first kappa shape index (κ1) is 7.15. The smallest absolute Gasteiger partial charge is 0.357 e. The molecule has 12 heavy (non-hydrogen) atoms. The highest BCUT2D eigenvalue weighted by Gasteiger charge is 2.53. The Labute approximate surface area is 67.0 Å². The van der Waals surface area contributed by atoms with Crippen molar-refractivity contribution in [2.24, 2.45) is 0 Å². The van der Waals surface area contributed by atoms with E-state index in [9.17, 15) is 9.59 Å². The van der Waals surface area contributed by atoms with Gasteiger partial charge in [0, 0.05) is 6.07 Å². The molecule has 1 heterocycles. The van der Waals surface area contributed by atoms with Crippen LogP contribution in [0.3, 0.4) is 0 Å². The first-order chi connectivity index (χ1) is 5.65. The molecule has 1 saturated carbocycles. The number of carboxylic acid groups (broad SMARTS) is 1. The number of carboxylic acids is 1. The summed E-state index contributed by atoms with van der Waals surface area (Å²) in [6, 6.07) is 1.20. The molecule has 1 aromatic rings. The van der Waals surface area contributed by atoms with E-state index in [4.69, 9.17) is 5.11 Å². The van der Waals surface area contributed by atoms with Crippen molar-refractivity contribution in [1.29, 1.82) is 0 Å². The lowest BCUT2D eigenvalue weighted by Crippen LogP contribution is -2.19. The van der Waals surface area contributed by atoms with Crippen molar-refractivity contribution in [2.75, 3.05) is 0 Å². The molecule has 1 fully saturated rings. The summed E-state index contributed by atoms with van der Waals surface area (Å²) in [6.45, 7) is 0. The van der Waals surface area contributed by atoms with Crippen LogP contribution < -0.4 is 5.63 Å².